The topological polar surface area (TPSA) is 117 Å². The van der Waals surface area contributed by atoms with Crippen LogP contribution < -0.4 is 14.8 Å². The number of nitro groups is 1. The monoisotopic (exact) mass is 402 g/mol. The standard InChI is InChI=1S/C20H22N2O7/c1-5-28-18-10-15(16(22(25)26)11-17(18)27-4)20(24)29-13(3)19(23)21-14-8-6-7-12(2)9-14/h6-11,13H,5H2,1-4H3,(H,21,23)/t13-/m1/s1. The molecule has 2 rings (SSSR count). The molecule has 0 aliphatic rings. The molecule has 1 N–H and O–H groups in total. The molecule has 0 unspecified atom stereocenters. The molecule has 0 fully saturated rings. The van der Waals surface area contributed by atoms with Crippen molar-refractivity contribution in [1.29, 1.82) is 0 Å². The van der Waals surface area contributed by atoms with E-state index < -0.39 is 28.6 Å². The first kappa shape index (κ1) is 21.7. The minimum Gasteiger partial charge on any atom is -0.493 e. The number of hydrogen-bond donors (Lipinski definition) is 1. The highest BCUT2D eigenvalue weighted by Gasteiger charge is 2.28. The molecular weight excluding hydrogens is 380 g/mol. The molecule has 9 nitrogen and oxygen atoms in total. The number of anilines is 1. The van der Waals surface area contributed by atoms with Crippen LogP contribution in [-0.2, 0) is 9.53 Å². The third-order valence-electron chi connectivity index (χ3n) is 3.94. The Kier molecular flexibility index (Phi) is 7.13. The Hall–Kier alpha value is -3.62. The van der Waals surface area contributed by atoms with Gasteiger partial charge < -0.3 is 19.5 Å². The molecule has 0 saturated heterocycles. The van der Waals surface area contributed by atoms with Crippen LogP contribution in [0.5, 0.6) is 11.5 Å². The molecule has 1 atom stereocenters. The van der Waals surface area contributed by atoms with E-state index in [1.54, 1.807) is 25.1 Å². The van der Waals surface area contributed by atoms with Crippen LogP contribution in [0.15, 0.2) is 36.4 Å². The van der Waals surface area contributed by atoms with Crippen LogP contribution in [0.3, 0.4) is 0 Å². The van der Waals surface area contributed by atoms with Gasteiger partial charge in [-0.05, 0) is 38.5 Å². The lowest BCUT2D eigenvalue weighted by Crippen LogP contribution is -2.30. The van der Waals surface area contributed by atoms with Gasteiger partial charge in [-0.2, -0.15) is 0 Å². The molecule has 0 aromatic heterocycles. The maximum Gasteiger partial charge on any atom is 0.346 e. The molecule has 29 heavy (non-hydrogen) atoms. The molecular formula is C20H22N2O7. The fraction of sp³-hybridized carbons (Fsp3) is 0.300. The van der Waals surface area contributed by atoms with Crippen molar-refractivity contribution in [3.05, 3.63) is 57.6 Å². The summed E-state index contributed by atoms with van der Waals surface area (Å²) in [7, 11) is 1.33. The van der Waals surface area contributed by atoms with Gasteiger partial charge >= 0.3 is 5.97 Å². The molecule has 9 heteroatoms. The SMILES string of the molecule is CCOc1cc(C(=O)O[C@H](C)C(=O)Nc2cccc(C)c2)c([N+](=O)[O-])cc1OC. The van der Waals surface area contributed by atoms with Gasteiger partial charge in [0.25, 0.3) is 11.6 Å². The molecule has 0 aliphatic carbocycles. The van der Waals surface area contributed by atoms with Gasteiger partial charge in [-0.15, -0.1) is 0 Å². The Labute approximate surface area is 167 Å². The van der Waals surface area contributed by atoms with Crippen LogP contribution in [-0.4, -0.2) is 36.6 Å². The number of nitrogens with zero attached hydrogens (tertiary/aromatic N) is 1. The highest BCUT2D eigenvalue weighted by molar-refractivity contribution is 5.99. The van der Waals surface area contributed by atoms with E-state index in [1.165, 1.54) is 20.1 Å². The summed E-state index contributed by atoms with van der Waals surface area (Å²) in [5.41, 5.74) is 0.646. The number of methoxy groups -OCH3 is 1. The second-order valence-electron chi connectivity index (χ2n) is 6.12. The Morgan fingerprint density at radius 2 is 1.93 bits per heavy atom. The Morgan fingerprint density at radius 3 is 2.52 bits per heavy atom. The van der Waals surface area contributed by atoms with Crippen LogP contribution in [0.1, 0.15) is 29.8 Å². The average molecular weight is 402 g/mol. The maximum absolute atomic E-state index is 12.5. The van der Waals surface area contributed by atoms with Crippen molar-refractivity contribution in [1.82, 2.24) is 0 Å². The van der Waals surface area contributed by atoms with Gasteiger partial charge in [0.1, 0.15) is 5.56 Å². The summed E-state index contributed by atoms with van der Waals surface area (Å²) in [4.78, 5) is 35.5. The summed E-state index contributed by atoms with van der Waals surface area (Å²) in [6.45, 7) is 5.23. The number of benzene rings is 2. The van der Waals surface area contributed by atoms with Crippen molar-refractivity contribution in [2.45, 2.75) is 26.9 Å². The maximum atomic E-state index is 12.5. The number of ether oxygens (including phenoxy) is 3. The van der Waals surface area contributed by atoms with Gasteiger partial charge in [-0.1, -0.05) is 12.1 Å². The van der Waals surface area contributed by atoms with Crippen LogP contribution in [0, 0.1) is 17.0 Å². The molecule has 1 amide bonds. The van der Waals surface area contributed by atoms with Gasteiger partial charge in [0.15, 0.2) is 17.6 Å². The largest absolute Gasteiger partial charge is 0.493 e. The minimum absolute atomic E-state index is 0.111. The fourth-order valence-electron chi connectivity index (χ4n) is 2.54. The number of hydrogen-bond acceptors (Lipinski definition) is 7. The van der Waals surface area contributed by atoms with E-state index in [0.717, 1.165) is 11.6 Å². The van der Waals surface area contributed by atoms with Gasteiger partial charge in [0, 0.05) is 11.8 Å². The Morgan fingerprint density at radius 1 is 1.21 bits per heavy atom. The highest BCUT2D eigenvalue weighted by atomic mass is 16.6. The third kappa shape index (κ3) is 5.44. The van der Waals surface area contributed by atoms with Crippen LogP contribution >= 0.6 is 0 Å². The summed E-state index contributed by atoms with van der Waals surface area (Å²) in [5.74, 6) is -1.32. The normalized spacial score (nSPS) is 11.3. The summed E-state index contributed by atoms with van der Waals surface area (Å²) >= 11 is 0. The first-order chi connectivity index (χ1) is 13.8. The number of aryl methyl sites for hydroxylation is 1. The number of nitro benzene ring substituents is 1. The van der Waals surface area contributed by atoms with Gasteiger partial charge in [0.05, 0.1) is 24.7 Å². The summed E-state index contributed by atoms with van der Waals surface area (Å²) < 4.78 is 15.6. The van der Waals surface area contributed by atoms with E-state index in [0.29, 0.717) is 5.69 Å². The minimum atomic E-state index is -1.18. The lowest BCUT2D eigenvalue weighted by Gasteiger charge is -2.15. The number of esters is 1. The number of carbonyl (C=O) groups excluding carboxylic acids is 2. The second-order valence-corrected chi connectivity index (χ2v) is 6.12. The predicted octanol–water partition coefficient (Wildman–Crippen LogP) is 3.49. The quantitative estimate of drug-likeness (QED) is 0.408. The number of amides is 1. The molecule has 2 aromatic carbocycles. The molecule has 0 heterocycles. The van der Waals surface area contributed by atoms with Gasteiger partial charge in [-0.25, -0.2) is 4.79 Å². The molecule has 154 valence electrons. The van der Waals surface area contributed by atoms with Crippen molar-refractivity contribution in [2.24, 2.45) is 0 Å². The Bertz CT molecular complexity index is 927. The summed E-state index contributed by atoms with van der Waals surface area (Å²) in [6, 6.07) is 9.36. The lowest BCUT2D eigenvalue weighted by molar-refractivity contribution is -0.385. The van der Waals surface area contributed by atoms with E-state index in [9.17, 15) is 19.7 Å². The molecule has 0 saturated carbocycles. The van der Waals surface area contributed by atoms with Crippen molar-refractivity contribution in [2.75, 3.05) is 19.0 Å². The molecule has 0 radical (unpaired) electrons. The van der Waals surface area contributed by atoms with E-state index in [1.807, 2.05) is 13.0 Å². The van der Waals surface area contributed by atoms with E-state index in [2.05, 4.69) is 5.32 Å². The van der Waals surface area contributed by atoms with Crippen LogP contribution in [0.25, 0.3) is 0 Å². The zero-order valence-electron chi connectivity index (χ0n) is 16.6. The van der Waals surface area contributed by atoms with Gasteiger partial charge in [-0.3, -0.25) is 14.9 Å². The fourth-order valence-corrected chi connectivity index (χ4v) is 2.54. The van der Waals surface area contributed by atoms with Crippen molar-refractivity contribution in [3.8, 4) is 11.5 Å². The van der Waals surface area contributed by atoms with Crippen LogP contribution in [0.2, 0.25) is 0 Å². The molecule has 0 spiro atoms. The van der Waals surface area contributed by atoms with Crippen molar-refractivity contribution >= 4 is 23.3 Å². The zero-order chi connectivity index (χ0) is 21.6. The number of rotatable bonds is 8. The van der Waals surface area contributed by atoms with Gasteiger partial charge in [0.2, 0.25) is 0 Å². The predicted molar refractivity (Wildman–Crippen MR) is 106 cm³/mol. The second kappa shape index (κ2) is 9.54. The Balaban J connectivity index is 2.22. The first-order valence-corrected chi connectivity index (χ1v) is 8.84. The van der Waals surface area contributed by atoms with E-state index in [4.69, 9.17) is 14.2 Å². The average Bonchev–Trinajstić information content (AvgIpc) is 2.67. The molecule has 0 bridgehead atoms. The third-order valence-corrected chi connectivity index (χ3v) is 3.94. The van der Waals surface area contributed by atoms with Crippen molar-refractivity contribution in [3.63, 3.8) is 0 Å². The first-order valence-electron chi connectivity index (χ1n) is 8.84. The highest BCUT2D eigenvalue weighted by Crippen LogP contribution is 2.35. The van der Waals surface area contributed by atoms with Crippen molar-refractivity contribution < 1.29 is 28.7 Å². The molecule has 0 aliphatic heterocycles. The van der Waals surface area contributed by atoms with Crippen LogP contribution in [0.4, 0.5) is 11.4 Å². The zero-order valence-corrected chi connectivity index (χ0v) is 16.6. The lowest BCUT2D eigenvalue weighted by atomic mass is 10.1. The van der Waals surface area contributed by atoms with E-state index >= 15 is 0 Å². The van der Waals surface area contributed by atoms with E-state index in [-0.39, 0.29) is 23.7 Å². The summed E-state index contributed by atoms with van der Waals surface area (Å²) in [5, 5.41) is 14.0. The number of carbonyl (C=O) groups is 2. The summed E-state index contributed by atoms with van der Waals surface area (Å²) in [6.07, 6.45) is -1.18. The smallest absolute Gasteiger partial charge is 0.346 e. The molecule has 2 aromatic rings. The number of nitrogens with one attached hydrogen (secondary N) is 1.